The van der Waals surface area contributed by atoms with Gasteiger partial charge in [0.25, 0.3) is 5.56 Å². The second-order valence-electron chi connectivity index (χ2n) is 2.66. The van der Waals surface area contributed by atoms with Gasteiger partial charge in [0.2, 0.25) is 0 Å². The molecule has 0 saturated carbocycles. The average molecular weight is 196 g/mol. The minimum atomic E-state index is -0.486. The summed E-state index contributed by atoms with van der Waals surface area (Å²) in [7, 11) is 0. The molecule has 0 aliphatic heterocycles. The van der Waals surface area contributed by atoms with Crippen LogP contribution in [0.1, 0.15) is 0 Å². The molecule has 1 aromatic heterocycles. The number of pyridine rings is 1. The molecule has 1 N–H and O–H groups in total. The van der Waals surface area contributed by atoms with E-state index in [-0.39, 0.29) is 0 Å². The average Bonchev–Trinajstić information content (AvgIpc) is 2.12. The molecule has 0 fully saturated rings. The van der Waals surface area contributed by atoms with Gasteiger partial charge < -0.3 is 5.21 Å². The van der Waals surface area contributed by atoms with Gasteiger partial charge in [-0.15, -0.1) is 4.73 Å². The molecule has 0 spiro atoms. The highest BCUT2D eigenvalue weighted by molar-refractivity contribution is 6.35. The molecule has 0 aliphatic carbocycles. The Bertz CT molecular complexity index is 518. The number of rotatable bonds is 0. The van der Waals surface area contributed by atoms with E-state index in [1.165, 1.54) is 6.07 Å². The van der Waals surface area contributed by atoms with Crippen molar-refractivity contribution in [2.24, 2.45) is 0 Å². The number of aromatic nitrogens is 1. The first-order valence-corrected chi connectivity index (χ1v) is 4.07. The summed E-state index contributed by atoms with van der Waals surface area (Å²) >= 11 is 5.81. The summed E-state index contributed by atoms with van der Waals surface area (Å²) in [4.78, 5) is 11.0. The molecule has 1 heterocycles. The van der Waals surface area contributed by atoms with Crippen molar-refractivity contribution in [2.75, 3.05) is 0 Å². The van der Waals surface area contributed by atoms with Crippen LogP contribution in [0.5, 0.6) is 0 Å². The molecule has 0 aliphatic rings. The third-order valence-corrected chi connectivity index (χ3v) is 2.15. The zero-order valence-corrected chi connectivity index (χ0v) is 7.32. The maximum atomic E-state index is 11.0. The quantitative estimate of drug-likeness (QED) is 0.653. The van der Waals surface area contributed by atoms with Gasteiger partial charge >= 0.3 is 0 Å². The molecule has 4 heteroatoms. The van der Waals surface area contributed by atoms with Crippen molar-refractivity contribution in [1.82, 2.24) is 4.73 Å². The fourth-order valence-electron chi connectivity index (χ4n) is 1.23. The van der Waals surface area contributed by atoms with Gasteiger partial charge in [-0.05, 0) is 12.1 Å². The van der Waals surface area contributed by atoms with Crippen LogP contribution in [-0.2, 0) is 0 Å². The first-order valence-electron chi connectivity index (χ1n) is 3.70. The zero-order chi connectivity index (χ0) is 9.42. The lowest BCUT2D eigenvalue weighted by Crippen LogP contribution is -2.16. The predicted octanol–water partition coefficient (Wildman–Crippen LogP) is 1.89. The summed E-state index contributed by atoms with van der Waals surface area (Å²) in [6.45, 7) is 0. The van der Waals surface area contributed by atoms with Gasteiger partial charge in [-0.3, -0.25) is 4.79 Å². The highest BCUT2D eigenvalue weighted by Gasteiger charge is 2.03. The maximum absolute atomic E-state index is 11.0. The molecule has 0 bridgehead atoms. The van der Waals surface area contributed by atoms with Gasteiger partial charge in [-0.1, -0.05) is 23.7 Å². The van der Waals surface area contributed by atoms with Crippen molar-refractivity contribution >= 4 is 22.5 Å². The Morgan fingerprint density at radius 3 is 2.77 bits per heavy atom. The highest BCUT2D eigenvalue weighted by atomic mass is 35.5. The van der Waals surface area contributed by atoms with Crippen LogP contribution in [0.3, 0.4) is 0 Å². The molecule has 0 atom stereocenters. The Morgan fingerprint density at radius 1 is 1.23 bits per heavy atom. The number of hydrogen-bond acceptors (Lipinski definition) is 2. The maximum Gasteiger partial charge on any atom is 0.283 e. The number of fused-ring (bicyclic) bond motifs is 1. The fraction of sp³-hybridized carbons (Fsp3) is 0. The lowest BCUT2D eigenvalue weighted by Gasteiger charge is -2.03. The zero-order valence-electron chi connectivity index (χ0n) is 6.57. The van der Waals surface area contributed by atoms with Gasteiger partial charge in [-0.2, -0.15) is 0 Å². The van der Waals surface area contributed by atoms with Crippen molar-refractivity contribution in [3.05, 3.63) is 45.7 Å². The van der Waals surface area contributed by atoms with Crippen LogP contribution in [0.15, 0.2) is 35.1 Å². The Labute approximate surface area is 78.8 Å². The summed E-state index contributed by atoms with van der Waals surface area (Å²) in [5.74, 6) is 0. The summed E-state index contributed by atoms with van der Waals surface area (Å²) in [5, 5.41) is 10.4. The van der Waals surface area contributed by atoms with E-state index in [2.05, 4.69) is 0 Å². The second-order valence-corrected chi connectivity index (χ2v) is 3.07. The lowest BCUT2D eigenvalue weighted by atomic mass is 10.2. The minimum absolute atomic E-state index is 0.344. The smallest absolute Gasteiger partial charge is 0.283 e. The molecular weight excluding hydrogens is 190 g/mol. The first kappa shape index (κ1) is 8.13. The molecule has 2 aromatic rings. The van der Waals surface area contributed by atoms with E-state index >= 15 is 0 Å². The van der Waals surface area contributed by atoms with Crippen LogP contribution < -0.4 is 5.56 Å². The van der Waals surface area contributed by atoms with E-state index in [0.29, 0.717) is 15.3 Å². The van der Waals surface area contributed by atoms with Crippen LogP contribution in [0, 0.1) is 0 Å². The lowest BCUT2D eigenvalue weighted by molar-refractivity contribution is 0.189. The number of nitrogens with zero attached hydrogens (tertiary/aromatic N) is 1. The topological polar surface area (TPSA) is 42.2 Å². The van der Waals surface area contributed by atoms with Gasteiger partial charge in [0.15, 0.2) is 0 Å². The van der Waals surface area contributed by atoms with E-state index < -0.39 is 5.56 Å². The Morgan fingerprint density at radius 2 is 2.00 bits per heavy atom. The van der Waals surface area contributed by atoms with E-state index in [9.17, 15) is 10.0 Å². The molecule has 13 heavy (non-hydrogen) atoms. The third kappa shape index (κ3) is 1.17. The molecule has 0 amide bonds. The molecule has 0 saturated heterocycles. The van der Waals surface area contributed by atoms with Crippen molar-refractivity contribution in [3.63, 3.8) is 0 Å². The molecule has 0 radical (unpaired) electrons. The number of para-hydroxylation sites is 1. The monoisotopic (exact) mass is 195 g/mol. The van der Waals surface area contributed by atoms with Gasteiger partial charge in [-0.25, -0.2) is 0 Å². The van der Waals surface area contributed by atoms with Crippen LogP contribution >= 0.6 is 11.6 Å². The molecule has 1 aromatic carbocycles. The van der Waals surface area contributed by atoms with E-state index in [4.69, 9.17) is 11.6 Å². The first-order chi connectivity index (χ1) is 6.20. The van der Waals surface area contributed by atoms with E-state index in [1.807, 2.05) is 0 Å². The van der Waals surface area contributed by atoms with Crippen LogP contribution in [0.4, 0.5) is 0 Å². The van der Waals surface area contributed by atoms with Crippen LogP contribution in [0.25, 0.3) is 10.9 Å². The minimum Gasteiger partial charge on any atom is -0.425 e. The van der Waals surface area contributed by atoms with Crippen LogP contribution in [-0.4, -0.2) is 9.94 Å². The molecule has 3 nitrogen and oxygen atoms in total. The van der Waals surface area contributed by atoms with E-state index in [1.54, 1.807) is 24.3 Å². The highest BCUT2D eigenvalue weighted by Crippen LogP contribution is 2.20. The molecule has 0 unspecified atom stereocenters. The molecule has 66 valence electrons. The SMILES string of the molecule is O=c1ccc2cccc(Cl)c2n1O. The second kappa shape index (κ2) is 2.78. The number of hydrogen-bond donors (Lipinski definition) is 1. The molecule has 2 rings (SSSR count). The van der Waals surface area contributed by atoms with Gasteiger partial charge in [0.05, 0.1) is 5.02 Å². The Balaban J connectivity index is 3.05. The van der Waals surface area contributed by atoms with Gasteiger partial charge in [0.1, 0.15) is 5.52 Å². The Kier molecular flexibility index (Phi) is 1.74. The summed E-state index contributed by atoms with van der Waals surface area (Å²) in [6.07, 6.45) is 0. The normalized spacial score (nSPS) is 10.5. The summed E-state index contributed by atoms with van der Waals surface area (Å²) in [6, 6.07) is 8.06. The van der Waals surface area contributed by atoms with Crippen molar-refractivity contribution in [3.8, 4) is 0 Å². The van der Waals surface area contributed by atoms with Crippen molar-refractivity contribution in [2.45, 2.75) is 0 Å². The van der Waals surface area contributed by atoms with Gasteiger partial charge in [0, 0.05) is 11.5 Å². The fourth-order valence-corrected chi connectivity index (χ4v) is 1.49. The van der Waals surface area contributed by atoms with Crippen LogP contribution in [0.2, 0.25) is 5.02 Å². The number of halogens is 1. The predicted molar refractivity (Wildman–Crippen MR) is 50.4 cm³/mol. The largest absolute Gasteiger partial charge is 0.425 e. The van der Waals surface area contributed by atoms with Crippen molar-refractivity contribution < 1.29 is 5.21 Å². The number of benzene rings is 1. The Hall–Kier alpha value is -1.48. The van der Waals surface area contributed by atoms with E-state index in [0.717, 1.165) is 5.39 Å². The summed E-state index contributed by atoms with van der Waals surface area (Å²) in [5.41, 5.74) is -0.141. The standard InChI is InChI=1S/C9H6ClNO2/c10-7-3-1-2-6-4-5-8(12)11(13)9(6)7/h1-5,13H. The summed E-state index contributed by atoms with van der Waals surface area (Å²) < 4.78 is 0.553. The molecular formula is C9H6ClNO2. The third-order valence-electron chi connectivity index (χ3n) is 1.84. The van der Waals surface area contributed by atoms with Crippen molar-refractivity contribution in [1.29, 1.82) is 0 Å².